The molecule has 2 aromatic carbocycles. The Balaban J connectivity index is 1.89. The van der Waals surface area contributed by atoms with E-state index < -0.39 is 54.2 Å². The van der Waals surface area contributed by atoms with Crippen molar-refractivity contribution in [3.05, 3.63) is 40.6 Å². The lowest BCUT2D eigenvalue weighted by Gasteiger charge is -2.20. The molecule has 1 saturated heterocycles. The van der Waals surface area contributed by atoms with Crippen molar-refractivity contribution in [2.75, 3.05) is 13.7 Å². The van der Waals surface area contributed by atoms with Crippen LogP contribution in [0.5, 0.6) is 28.7 Å². The molecule has 0 spiro atoms. The number of phenols is 3. The van der Waals surface area contributed by atoms with Gasteiger partial charge in [-0.15, -0.1) is 0 Å². The summed E-state index contributed by atoms with van der Waals surface area (Å²) < 4.78 is 21.8. The fraction of sp³-hybridized carbons (Fsp3) is 0.318. The molecule has 12 nitrogen and oxygen atoms in total. The van der Waals surface area contributed by atoms with Crippen LogP contribution in [0.3, 0.4) is 0 Å². The predicted molar refractivity (Wildman–Crippen MR) is 114 cm³/mol. The standard InChI is InChI=1S/C22H22O12/c1-31-13-4-8(2-3-10(13)25)19-21(16(28)15-11(26)5-9(24)6-14(15)32-19)34-22-18(30)17(29)20(33-22)12(27)7-23/h2-6,12,17-18,20,22-27,29-30H,7H2,1H3. The molecule has 0 radical (unpaired) electrons. The Kier molecular flexibility index (Phi) is 6.25. The van der Waals surface area contributed by atoms with Crippen LogP contribution in [0.1, 0.15) is 0 Å². The molecule has 5 atom stereocenters. The first-order valence-corrected chi connectivity index (χ1v) is 10.0. The minimum Gasteiger partial charge on any atom is -0.508 e. The molecule has 5 unspecified atom stereocenters. The Morgan fingerprint density at radius 2 is 1.79 bits per heavy atom. The molecule has 12 heteroatoms. The van der Waals surface area contributed by atoms with E-state index in [-0.39, 0.29) is 39.5 Å². The topological polar surface area (TPSA) is 200 Å². The highest BCUT2D eigenvalue weighted by Gasteiger charge is 2.48. The van der Waals surface area contributed by atoms with E-state index in [0.717, 1.165) is 12.1 Å². The molecule has 1 aromatic heterocycles. The zero-order valence-corrected chi connectivity index (χ0v) is 17.7. The number of phenolic OH excluding ortho intramolecular Hbond substituents is 3. The molecule has 1 aliphatic heterocycles. The number of hydrogen-bond acceptors (Lipinski definition) is 12. The van der Waals surface area contributed by atoms with E-state index >= 15 is 0 Å². The average Bonchev–Trinajstić information content (AvgIpc) is 3.08. The average molecular weight is 478 g/mol. The SMILES string of the molecule is COc1cc(-c2oc3cc(O)cc(O)c3c(=O)c2OC2OC(C(O)CO)C(O)C2O)ccc1O. The Morgan fingerprint density at radius 3 is 2.47 bits per heavy atom. The van der Waals surface area contributed by atoms with Gasteiger partial charge in [0.2, 0.25) is 17.5 Å². The molecule has 1 aliphatic rings. The van der Waals surface area contributed by atoms with Crippen LogP contribution >= 0.6 is 0 Å². The van der Waals surface area contributed by atoms with E-state index in [9.17, 15) is 35.4 Å². The molecule has 4 rings (SSSR count). The largest absolute Gasteiger partial charge is 0.508 e. The first-order chi connectivity index (χ1) is 16.2. The summed E-state index contributed by atoms with van der Waals surface area (Å²) in [5, 5.41) is 69.1. The molecule has 3 aromatic rings. The Morgan fingerprint density at radius 1 is 1.06 bits per heavy atom. The zero-order valence-electron chi connectivity index (χ0n) is 17.7. The second kappa shape index (κ2) is 9.00. The van der Waals surface area contributed by atoms with Crippen molar-refractivity contribution in [2.45, 2.75) is 30.7 Å². The van der Waals surface area contributed by atoms with Crippen molar-refractivity contribution in [1.29, 1.82) is 0 Å². The Labute approximate surface area is 191 Å². The normalized spacial score (nSPS) is 23.2. The van der Waals surface area contributed by atoms with Gasteiger partial charge in [-0.3, -0.25) is 4.79 Å². The third-order valence-electron chi connectivity index (χ3n) is 5.42. The smallest absolute Gasteiger partial charge is 0.239 e. The molecule has 34 heavy (non-hydrogen) atoms. The fourth-order valence-corrected chi connectivity index (χ4v) is 3.69. The van der Waals surface area contributed by atoms with E-state index in [0.29, 0.717) is 0 Å². The third kappa shape index (κ3) is 3.97. The van der Waals surface area contributed by atoms with Crippen LogP contribution in [-0.2, 0) is 4.74 Å². The second-order valence-electron chi connectivity index (χ2n) is 7.63. The number of methoxy groups -OCH3 is 1. The van der Waals surface area contributed by atoms with Gasteiger partial charge in [-0.05, 0) is 18.2 Å². The number of ether oxygens (including phenoxy) is 3. The monoisotopic (exact) mass is 478 g/mol. The van der Waals surface area contributed by atoms with E-state index in [1.54, 1.807) is 0 Å². The molecule has 182 valence electrons. The minimum atomic E-state index is -1.73. The van der Waals surface area contributed by atoms with E-state index in [2.05, 4.69) is 0 Å². The molecule has 1 fully saturated rings. The van der Waals surface area contributed by atoms with Crippen LogP contribution in [0.4, 0.5) is 0 Å². The summed E-state index contributed by atoms with van der Waals surface area (Å²) in [6, 6.07) is 5.98. The van der Waals surface area contributed by atoms with Crippen LogP contribution in [-0.4, -0.2) is 80.2 Å². The lowest BCUT2D eigenvalue weighted by Crippen LogP contribution is -2.40. The number of fused-ring (bicyclic) bond motifs is 1. The third-order valence-corrected chi connectivity index (χ3v) is 5.42. The summed E-state index contributed by atoms with van der Waals surface area (Å²) in [4.78, 5) is 13.3. The second-order valence-corrected chi connectivity index (χ2v) is 7.63. The number of aromatic hydroxyl groups is 3. The van der Waals surface area contributed by atoms with Gasteiger partial charge < -0.3 is 54.4 Å². The first-order valence-electron chi connectivity index (χ1n) is 10.0. The summed E-state index contributed by atoms with van der Waals surface area (Å²) in [6.45, 7) is -0.769. The van der Waals surface area contributed by atoms with Gasteiger partial charge in [0, 0.05) is 17.7 Å². The Bertz CT molecular complexity index is 1270. The maximum absolute atomic E-state index is 13.3. The summed E-state index contributed by atoms with van der Waals surface area (Å²) in [5.74, 6) is -1.94. The van der Waals surface area contributed by atoms with Crippen molar-refractivity contribution >= 4 is 11.0 Å². The Hall–Kier alpha value is -3.55. The summed E-state index contributed by atoms with van der Waals surface area (Å²) in [5.41, 5.74) is -0.929. The quantitative estimate of drug-likeness (QED) is 0.246. The zero-order chi connectivity index (χ0) is 24.7. The summed E-state index contributed by atoms with van der Waals surface area (Å²) in [6.07, 6.45) is -8.00. The van der Waals surface area contributed by atoms with Crippen molar-refractivity contribution in [3.63, 3.8) is 0 Å². The van der Waals surface area contributed by atoms with Crippen molar-refractivity contribution in [1.82, 2.24) is 0 Å². The molecular weight excluding hydrogens is 456 g/mol. The number of aliphatic hydroxyl groups is 4. The van der Waals surface area contributed by atoms with Gasteiger partial charge in [0.15, 0.2) is 17.3 Å². The van der Waals surface area contributed by atoms with Crippen molar-refractivity contribution in [3.8, 4) is 40.1 Å². The van der Waals surface area contributed by atoms with E-state index in [1.165, 1.54) is 25.3 Å². The number of benzene rings is 2. The maximum Gasteiger partial charge on any atom is 0.239 e. The lowest BCUT2D eigenvalue weighted by molar-refractivity contribution is -0.137. The number of hydrogen-bond donors (Lipinski definition) is 7. The van der Waals surface area contributed by atoms with E-state index in [1.807, 2.05) is 0 Å². The molecule has 0 amide bonds. The van der Waals surface area contributed by atoms with Crippen molar-refractivity contribution in [2.24, 2.45) is 0 Å². The van der Waals surface area contributed by atoms with Gasteiger partial charge in [-0.25, -0.2) is 0 Å². The van der Waals surface area contributed by atoms with Crippen LogP contribution < -0.4 is 14.9 Å². The highest BCUT2D eigenvalue weighted by Crippen LogP contribution is 2.39. The van der Waals surface area contributed by atoms with Crippen LogP contribution in [0.2, 0.25) is 0 Å². The molecule has 0 bridgehead atoms. The summed E-state index contributed by atoms with van der Waals surface area (Å²) >= 11 is 0. The van der Waals surface area contributed by atoms with Gasteiger partial charge in [-0.1, -0.05) is 0 Å². The molecule has 0 aliphatic carbocycles. The summed E-state index contributed by atoms with van der Waals surface area (Å²) in [7, 11) is 1.31. The van der Waals surface area contributed by atoms with Gasteiger partial charge in [-0.2, -0.15) is 0 Å². The van der Waals surface area contributed by atoms with Crippen molar-refractivity contribution < 1.29 is 54.4 Å². The van der Waals surface area contributed by atoms with Gasteiger partial charge >= 0.3 is 0 Å². The van der Waals surface area contributed by atoms with Gasteiger partial charge in [0.1, 0.15) is 46.9 Å². The minimum absolute atomic E-state index is 0.0312. The molecular formula is C22H22O12. The van der Waals surface area contributed by atoms with Crippen LogP contribution in [0.15, 0.2) is 39.5 Å². The predicted octanol–water partition coefficient (Wildman–Crippen LogP) is -0.236. The highest BCUT2D eigenvalue weighted by atomic mass is 16.7. The molecule has 7 N–H and O–H groups in total. The fourth-order valence-electron chi connectivity index (χ4n) is 3.69. The highest BCUT2D eigenvalue weighted by molar-refractivity contribution is 5.88. The maximum atomic E-state index is 13.3. The first kappa shape index (κ1) is 23.6. The number of aliphatic hydroxyl groups excluding tert-OH is 4. The lowest BCUT2D eigenvalue weighted by atomic mass is 10.1. The van der Waals surface area contributed by atoms with Crippen LogP contribution in [0.25, 0.3) is 22.3 Å². The molecule has 2 heterocycles. The van der Waals surface area contributed by atoms with Crippen LogP contribution in [0, 0.1) is 0 Å². The van der Waals surface area contributed by atoms with Gasteiger partial charge in [0.05, 0.1) is 13.7 Å². The van der Waals surface area contributed by atoms with E-state index in [4.69, 9.17) is 23.7 Å². The number of rotatable bonds is 6. The molecule has 0 saturated carbocycles. The van der Waals surface area contributed by atoms with Gasteiger partial charge in [0.25, 0.3) is 0 Å².